The summed E-state index contributed by atoms with van der Waals surface area (Å²) in [5, 5.41) is 2.87. The molecule has 1 saturated heterocycles. The number of sulfonamides is 1. The van der Waals surface area contributed by atoms with Gasteiger partial charge in [-0.15, -0.1) is 0 Å². The van der Waals surface area contributed by atoms with Gasteiger partial charge in [-0.2, -0.15) is 0 Å². The number of anilines is 2. The second-order valence-corrected chi connectivity index (χ2v) is 9.54. The number of ether oxygens (including phenoxy) is 1. The molecule has 1 aliphatic heterocycles. The summed E-state index contributed by atoms with van der Waals surface area (Å²) in [5.41, 5.74) is 2.58. The molecule has 0 atom stereocenters. The van der Waals surface area contributed by atoms with E-state index in [-0.39, 0.29) is 10.8 Å². The molecule has 0 spiro atoms. The van der Waals surface area contributed by atoms with Crippen LogP contribution in [0.3, 0.4) is 0 Å². The van der Waals surface area contributed by atoms with Crippen molar-refractivity contribution < 1.29 is 17.9 Å². The van der Waals surface area contributed by atoms with E-state index in [4.69, 9.17) is 4.74 Å². The molecule has 0 saturated carbocycles. The van der Waals surface area contributed by atoms with Crippen molar-refractivity contribution in [1.29, 1.82) is 0 Å². The van der Waals surface area contributed by atoms with E-state index in [1.165, 1.54) is 23.8 Å². The van der Waals surface area contributed by atoms with Crippen molar-refractivity contribution in [1.82, 2.24) is 4.90 Å². The Morgan fingerprint density at radius 1 is 0.879 bits per heavy atom. The molecule has 172 valence electrons. The monoisotopic (exact) mass is 465 g/mol. The SMILES string of the molecule is O=C(Nc1ccc(CCN2CCOCC2)cc1)c1cccc(NS(=O)(=O)c2ccccc2)c1. The van der Waals surface area contributed by atoms with Gasteiger partial charge in [-0.3, -0.25) is 14.4 Å². The predicted octanol–water partition coefficient (Wildman–Crippen LogP) is 3.61. The fourth-order valence-corrected chi connectivity index (χ4v) is 4.68. The predicted molar refractivity (Wildman–Crippen MR) is 129 cm³/mol. The average molecular weight is 466 g/mol. The molecule has 1 amide bonds. The Morgan fingerprint density at radius 3 is 2.33 bits per heavy atom. The summed E-state index contributed by atoms with van der Waals surface area (Å²) in [6.07, 6.45) is 0.942. The lowest BCUT2D eigenvalue weighted by Crippen LogP contribution is -2.37. The minimum atomic E-state index is -3.73. The number of carbonyl (C=O) groups excluding carboxylic acids is 1. The molecular weight excluding hydrogens is 438 g/mol. The van der Waals surface area contributed by atoms with Gasteiger partial charge in [0, 0.05) is 36.6 Å². The van der Waals surface area contributed by atoms with Gasteiger partial charge in [0.25, 0.3) is 15.9 Å². The van der Waals surface area contributed by atoms with Gasteiger partial charge in [-0.25, -0.2) is 8.42 Å². The van der Waals surface area contributed by atoms with E-state index in [2.05, 4.69) is 14.9 Å². The smallest absolute Gasteiger partial charge is 0.261 e. The summed E-state index contributed by atoms with van der Waals surface area (Å²) in [4.78, 5) is 15.3. The van der Waals surface area contributed by atoms with Gasteiger partial charge < -0.3 is 10.1 Å². The van der Waals surface area contributed by atoms with E-state index in [0.29, 0.717) is 16.9 Å². The molecule has 0 unspecified atom stereocenters. The fraction of sp³-hybridized carbons (Fsp3) is 0.240. The highest BCUT2D eigenvalue weighted by Crippen LogP contribution is 2.18. The van der Waals surface area contributed by atoms with Crippen LogP contribution >= 0.6 is 0 Å². The van der Waals surface area contributed by atoms with Crippen LogP contribution in [0.1, 0.15) is 15.9 Å². The van der Waals surface area contributed by atoms with E-state index >= 15 is 0 Å². The Kier molecular flexibility index (Phi) is 7.39. The highest BCUT2D eigenvalue weighted by Gasteiger charge is 2.15. The molecule has 7 nitrogen and oxygen atoms in total. The molecule has 0 aliphatic carbocycles. The van der Waals surface area contributed by atoms with Gasteiger partial charge in [-0.1, -0.05) is 36.4 Å². The zero-order valence-electron chi connectivity index (χ0n) is 18.2. The summed E-state index contributed by atoms with van der Waals surface area (Å²) in [5.74, 6) is -0.308. The van der Waals surface area contributed by atoms with Crippen molar-refractivity contribution in [3.63, 3.8) is 0 Å². The Labute approximate surface area is 194 Å². The van der Waals surface area contributed by atoms with Crippen molar-refractivity contribution in [3.05, 3.63) is 90.0 Å². The topological polar surface area (TPSA) is 87.7 Å². The standard InChI is InChI=1S/C25H27N3O4S/c29-25(26-22-11-9-20(10-12-22)13-14-28-15-17-32-18-16-28)21-5-4-6-23(19-21)27-33(30,31)24-7-2-1-3-8-24/h1-12,19,27H,13-18H2,(H,26,29). The molecule has 0 aromatic heterocycles. The first-order chi connectivity index (χ1) is 16.0. The molecule has 4 rings (SSSR count). The third-order valence-corrected chi connectivity index (χ3v) is 6.86. The minimum absolute atomic E-state index is 0.161. The second-order valence-electron chi connectivity index (χ2n) is 7.85. The molecule has 2 N–H and O–H groups in total. The number of nitrogens with zero attached hydrogens (tertiary/aromatic N) is 1. The third kappa shape index (κ3) is 6.41. The highest BCUT2D eigenvalue weighted by atomic mass is 32.2. The number of amides is 1. The molecule has 8 heteroatoms. The Hall–Kier alpha value is -3.20. The Bertz CT molecular complexity index is 1180. The molecule has 0 bridgehead atoms. The maximum atomic E-state index is 12.7. The van der Waals surface area contributed by atoms with E-state index in [9.17, 15) is 13.2 Å². The van der Waals surface area contributed by atoms with Crippen molar-refractivity contribution in [2.75, 3.05) is 42.9 Å². The number of hydrogen-bond acceptors (Lipinski definition) is 5. The molecule has 1 heterocycles. The Morgan fingerprint density at radius 2 is 1.61 bits per heavy atom. The second kappa shape index (κ2) is 10.6. The van der Waals surface area contributed by atoms with Crippen LogP contribution in [0, 0.1) is 0 Å². The lowest BCUT2D eigenvalue weighted by atomic mass is 10.1. The van der Waals surface area contributed by atoms with Crippen LogP contribution in [-0.2, 0) is 21.2 Å². The summed E-state index contributed by atoms with van der Waals surface area (Å²) < 4.78 is 33.0. The van der Waals surface area contributed by atoms with Crippen LogP contribution in [0.15, 0.2) is 83.8 Å². The molecule has 1 fully saturated rings. The molecule has 0 radical (unpaired) electrons. The fourth-order valence-electron chi connectivity index (χ4n) is 3.61. The van der Waals surface area contributed by atoms with Crippen LogP contribution in [0.5, 0.6) is 0 Å². The number of carbonyl (C=O) groups is 1. The first-order valence-corrected chi connectivity index (χ1v) is 12.4. The zero-order chi connectivity index (χ0) is 23.1. The number of nitrogens with one attached hydrogen (secondary N) is 2. The maximum Gasteiger partial charge on any atom is 0.261 e. The first kappa shape index (κ1) is 23.0. The van der Waals surface area contributed by atoms with Crippen molar-refractivity contribution in [3.8, 4) is 0 Å². The van der Waals surface area contributed by atoms with E-state index in [1.807, 2.05) is 24.3 Å². The summed E-state index contributed by atoms with van der Waals surface area (Å²) in [6, 6.07) is 22.3. The van der Waals surface area contributed by atoms with Crippen LogP contribution < -0.4 is 10.0 Å². The van der Waals surface area contributed by atoms with Gasteiger partial charge in [0.05, 0.1) is 18.1 Å². The Balaban J connectivity index is 1.35. The molecule has 3 aromatic carbocycles. The molecular formula is C25H27N3O4S. The highest BCUT2D eigenvalue weighted by molar-refractivity contribution is 7.92. The van der Waals surface area contributed by atoms with Crippen molar-refractivity contribution >= 4 is 27.3 Å². The number of hydrogen-bond donors (Lipinski definition) is 2. The van der Waals surface area contributed by atoms with Crippen molar-refractivity contribution in [2.24, 2.45) is 0 Å². The van der Waals surface area contributed by atoms with Gasteiger partial charge in [0.15, 0.2) is 0 Å². The van der Waals surface area contributed by atoms with Gasteiger partial charge >= 0.3 is 0 Å². The van der Waals surface area contributed by atoms with Crippen LogP contribution in [0.2, 0.25) is 0 Å². The molecule has 33 heavy (non-hydrogen) atoms. The van der Waals surface area contributed by atoms with Crippen molar-refractivity contribution in [2.45, 2.75) is 11.3 Å². The van der Waals surface area contributed by atoms with E-state index in [1.54, 1.807) is 36.4 Å². The van der Waals surface area contributed by atoms with Gasteiger partial charge in [0.1, 0.15) is 0 Å². The largest absolute Gasteiger partial charge is 0.379 e. The zero-order valence-corrected chi connectivity index (χ0v) is 19.1. The normalized spacial score (nSPS) is 14.5. The third-order valence-electron chi connectivity index (χ3n) is 5.46. The summed E-state index contributed by atoms with van der Waals surface area (Å²) in [7, 11) is -3.73. The molecule has 1 aliphatic rings. The van der Waals surface area contributed by atoms with Gasteiger partial charge in [-0.05, 0) is 54.4 Å². The summed E-state index contributed by atoms with van der Waals surface area (Å²) >= 11 is 0. The van der Waals surface area contributed by atoms with Crippen LogP contribution in [0.25, 0.3) is 0 Å². The lowest BCUT2D eigenvalue weighted by Gasteiger charge is -2.26. The number of morpholine rings is 1. The van der Waals surface area contributed by atoms with Crippen LogP contribution in [0.4, 0.5) is 11.4 Å². The van der Waals surface area contributed by atoms with Gasteiger partial charge in [0.2, 0.25) is 0 Å². The lowest BCUT2D eigenvalue weighted by molar-refractivity contribution is 0.0384. The van der Waals surface area contributed by atoms with E-state index in [0.717, 1.165) is 39.3 Å². The minimum Gasteiger partial charge on any atom is -0.379 e. The molecule has 3 aromatic rings. The number of rotatable bonds is 8. The first-order valence-electron chi connectivity index (χ1n) is 10.9. The van der Waals surface area contributed by atoms with Crippen LogP contribution in [-0.4, -0.2) is 52.1 Å². The maximum absolute atomic E-state index is 12.7. The average Bonchev–Trinajstić information content (AvgIpc) is 2.85. The summed E-state index contributed by atoms with van der Waals surface area (Å²) in [6.45, 7) is 4.50. The van der Waals surface area contributed by atoms with E-state index < -0.39 is 10.0 Å². The quantitative estimate of drug-likeness (QED) is 0.531. The number of benzene rings is 3.